The smallest absolute Gasteiger partial charge is 0.408 e. The zero-order chi connectivity index (χ0) is 23.5. The summed E-state index contributed by atoms with van der Waals surface area (Å²) >= 11 is 0. The van der Waals surface area contributed by atoms with E-state index in [1.165, 1.54) is 0 Å². The highest BCUT2D eigenvalue weighted by Crippen LogP contribution is 2.22. The van der Waals surface area contributed by atoms with Crippen molar-refractivity contribution in [1.82, 2.24) is 25.0 Å². The predicted molar refractivity (Wildman–Crippen MR) is 124 cm³/mol. The molecule has 0 aliphatic rings. The Labute approximate surface area is 188 Å². The van der Waals surface area contributed by atoms with Gasteiger partial charge in [0.15, 0.2) is 0 Å². The van der Waals surface area contributed by atoms with Crippen molar-refractivity contribution < 1.29 is 14.3 Å². The van der Waals surface area contributed by atoms with Crippen molar-refractivity contribution in [3.8, 4) is 0 Å². The number of hydrogen-bond donors (Lipinski definition) is 2. The molecule has 8 heteroatoms. The van der Waals surface area contributed by atoms with Gasteiger partial charge in [0.25, 0.3) is 0 Å². The summed E-state index contributed by atoms with van der Waals surface area (Å²) in [5.41, 5.74) is 3.38. The van der Waals surface area contributed by atoms with Gasteiger partial charge in [0, 0.05) is 42.8 Å². The van der Waals surface area contributed by atoms with E-state index in [1.54, 1.807) is 20.8 Å². The molecule has 2 heterocycles. The van der Waals surface area contributed by atoms with Crippen molar-refractivity contribution in [2.45, 2.75) is 59.2 Å². The monoisotopic (exact) mass is 439 g/mol. The summed E-state index contributed by atoms with van der Waals surface area (Å²) in [4.78, 5) is 25.5. The highest BCUT2D eigenvalue weighted by atomic mass is 16.6. The second-order valence-corrected chi connectivity index (χ2v) is 9.13. The first-order chi connectivity index (χ1) is 15.0. The van der Waals surface area contributed by atoms with Crippen molar-refractivity contribution in [2.75, 3.05) is 6.54 Å². The number of hydrogen-bond acceptors (Lipinski definition) is 4. The van der Waals surface area contributed by atoms with Gasteiger partial charge >= 0.3 is 6.09 Å². The summed E-state index contributed by atoms with van der Waals surface area (Å²) in [5.74, 6) is -0.259. The first-order valence-corrected chi connectivity index (χ1v) is 10.8. The Bertz CT molecular complexity index is 1110. The standard InChI is InChI=1S/C24H33N5O3/c1-16-13-17(2)29(27-16)12-11-25-22(30)20(26-23(31)32-24(3,4)5)14-18-15-28(6)21-10-8-7-9-19(18)21/h7-10,13,15,20H,11-12,14H2,1-6H3,(H,25,30)(H,26,31)/t20-/m0/s1. The average Bonchev–Trinajstić information content (AvgIpc) is 3.18. The molecule has 1 aromatic carbocycles. The van der Waals surface area contributed by atoms with Crippen molar-refractivity contribution in [2.24, 2.45) is 7.05 Å². The van der Waals surface area contributed by atoms with Crippen LogP contribution in [-0.2, 0) is 29.5 Å². The van der Waals surface area contributed by atoms with Crippen LogP contribution in [0.1, 0.15) is 37.7 Å². The van der Waals surface area contributed by atoms with Crippen LogP contribution in [-0.4, -0.2) is 44.5 Å². The fourth-order valence-corrected chi connectivity index (χ4v) is 3.78. The van der Waals surface area contributed by atoms with E-state index in [2.05, 4.69) is 15.7 Å². The zero-order valence-electron chi connectivity index (χ0n) is 19.7. The van der Waals surface area contributed by atoms with Crippen LogP contribution in [0, 0.1) is 13.8 Å². The Hall–Kier alpha value is -3.29. The number of para-hydroxylation sites is 1. The lowest BCUT2D eigenvalue weighted by molar-refractivity contribution is -0.123. The van der Waals surface area contributed by atoms with Gasteiger partial charge in [-0.1, -0.05) is 18.2 Å². The number of carbonyl (C=O) groups is 2. The Morgan fingerprint density at radius 1 is 1.19 bits per heavy atom. The third-order valence-corrected chi connectivity index (χ3v) is 5.14. The summed E-state index contributed by atoms with van der Waals surface area (Å²) in [7, 11) is 1.97. The van der Waals surface area contributed by atoms with Crippen molar-refractivity contribution >= 4 is 22.9 Å². The predicted octanol–water partition coefficient (Wildman–Crippen LogP) is 3.24. The van der Waals surface area contributed by atoms with E-state index < -0.39 is 17.7 Å². The molecule has 0 saturated heterocycles. The number of amides is 2. The lowest BCUT2D eigenvalue weighted by Crippen LogP contribution is -2.49. The number of benzene rings is 1. The van der Waals surface area contributed by atoms with E-state index in [-0.39, 0.29) is 5.91 Å². The maximum Gasteiger partial charge on any atom is 0.408 e. The highest BCUT2D eigenvalue weighted by molar-refractivity contribution is 5.88. The molecule has 0 spiro atoms. The largest absolute Gasteiger partial charge is 0.444 e. The molecule has 0 fully saturated rings. The van der Waals surface area contributed by atoms with E-state index in [1.807, 2.05) is 66.7 Å². The summed E-state index contributed by atoms with van der Waals surface area (Å²) in [6, 6.07) is 9.23. The number of alkyl carbamates (subject to hydrolysis) is 1. The van der Waals surface area contributed by atoms with Gasteiger partial charge in [-0.05, 0) is 52.3 Å². The van der Waals surface area contributed by atoms with Crippen LogP contribution in [0.25, 0.3) is 10.9 Å². The SMILES string of the molecule is Cc1cc(C)n(CCNC(=O)[C@H](Cc2cn(C)c3ccccc23)NC(=O)OC(C)(C)C)n1. The van der Waals surface area contributed by atoms with Gasteiger partial charge in [-0.3, -0.25) is 9.48 Å². The van der Waals surface area contributed by atoms with Crippen LogP contribution in [0.5, 0.6) is 0 Å². The Morgan fingerprint density at radius 3 is 2.56 bits per heavy atom. The quantitative estimate of drug-likeness (QED) is 0.591. The zero-order valence-corrected chi connectivity index (χ0v) is 19.7. The van der Waals surface area contributed by atoms with Crippen molar-refractivity contribution in [3.05, 3.63) is 53.5 Å². The molecule has 2 aromatic heterocycles. The molecule has 1 atom stereocenters. The number of rotatable bonds is 7. The first kappa shape index (κ1) is 23.4. The summed E-state index contributed by atoms with van der Waals surface area (Å²) in [6.07, 6.45) is 1.74. The molecule has 3 rings (SSSR count). The topological polar surface area (TPSA) is 90.2 Å². The first-order valence-electron chi connectivity index (χ1n) is 10.8. The van der Waals surface area contributed by atoms with Crippen LogP contribution in [0.4, 0.5) is 4.79 Å². The van der Waals surface area contributed by atoms with E-state index in [0.717, 1.165) is 27.9 Å². The fourth-order valence-electron chi connectivity index (χ4n) is 3.78. The number of aryl methyl sites for hydroxylation is 3. The van der Waals surface area contributed by atoms with Gasteiger partial charge < -0.3 is 19.9 Å². The molecule has 0 bridgehead atoms. The van der Waals surface area contributed by atoms with E-state index in [4.69, 9.17) is 4.74 Å². The average molecular weight is 440 g/mol. The van der Waals surface area contributed by atoms with Crippen molar-refractivity contribution in [3.63, 3.8) is 0 Å². The number of nitrogens with zero attached hydrogens (tertiary/aromatic N) is 3. The minimum Gasteiger partial charge on any atom is -0.444 e. The van der Waals surface area contributed by atoms with Crippen molar-refractivity contribution in [1.29, 1.82) is 0 Å². The number of aromatic nitrogens is 3. The molecule has 0 unspecified atom stereocenters. The van der Waals surface area contributed by atoms with Crippen LogP contribution in [0.15, 0.2) is 36.5 Å². The van der Waals surface area contributed by atoms with E-state index in [9.17, 15) is 9.59 Å². The maximum absolute atomic E-state index is 13.1. The van der Waals surface area contributed by atoms with Gasteiger partial charge in [0.2, 0.25) is 5.91 Å². The minimum atomic E-state index is -0.767. The molecule has 2 amide bonds. The fraction of sp³-hybridized carbons (Fsp3) is 0.458. The highest BCUT2D eigenvalue weighted by Gasteiger charge is 2.25. The third-order valence-electron chi connectivity index (χ3n) is 5.14. The molecule has 0 aliphatic carbocycles. The van der Waals surface area contributed by atoms with E-state index >= 15 is 0 Å². The lowest BCUT2D eigenvalue weighted by atomic mass is 10.0. The van der Waals surface area contributed by atoms with Gasteiger partial charge in [-0.25, -0.2) is 4.79 Å². The molecule has 172 valence electrons. The second kappa shape index (κ2) is 9.46. The number of nitrogens with one attached hydrogen (secondary N) is 2. The van der Waals surface area contributed by atoms with Crippen LogP contribution in [0.3, 0.4) is 0 Å². The number of ether oxygens (including phenoxy) is 1. The number of fused-ring (bicyclic) bond motifs is 1. The van der Waals surface area contributed by atoms with Crippen LogP contribution < -0.4 is 10.6 Å². The molecule has 0 aliphatic heterocycles. The summed E-state index contributed by atoms with van der Waals surface area (Å²) < 4.78 is 9.27. The van der Waals surface area contributed by atoms with Gasteiger partial charge in [-0.2, -0.15) is 5.10 Å². The Morgan fingerprint density at radius 2 is 1.91 bits per heavy atom. The normalized spacial score (nSPS) is 12.6. The maximum atomic E-state index is 13.1. The van der Waals surface area contributed by atoms with Crippen LogP contribution in [0.2, 0.25) is 0 Å². The van der Waals surface area contributed by atoms with Gasteiger partial charge in [-0.15, -0.1) is 0 Å². The molecular formula is C24H33N5O3. The minimum absolute atomic E-state index is 0.259. The lowest BCUT2D eigenvalue weighted by Gasteiger charge is -2.23. The summed E-state index contributed by atoms with van der Waals surface area (Å²) in [6.45, 7) is 10.3. The molecular weight excluding hydrogens is 406 g/mol. The van der Waals surface area contributed by atoms with Gasteiger partial charge in [0.05, 0.1) is 12.2 Å². The Balaban J connectivity index is 1.74. The third kappa shape index (κ3) is 5.90. The summed E-state index contributed by atoms with van der Waals surface area (Å²) in [5, 5.41) is 11.2. The molecule has 8 nitrogen and oxygen atoms in total. The Kier molecular flexibility index (Phi) is 6.91. The molecule has 32 heavy (non-hydrogen) atoms. The molecule has 2 N–H and O–H groups in total. The molecule has 3 aromatic rings. The molecule has 0 radical (unpaired) electrons. The van der Waals surface area contributed by atoms with Crippen LogP contribution >= 0.6 is 0 Å². The second-order valence-electron chi connectivity index (χ2n) is 9.13. The van der Waals surface area contributed by atoms with Gasteiger partial charge in [0.1, 0.15) is 11.6 Å². The van der Waals surface area contributed by atoms with E-state index in [0.29, 0.717) is 19.5 Å². The molecule has 0 saturated carbocycles. The number of carbonyl (C=O) groups excluding carboxylic acids is 2.